The van der Waals surface area contributed by atoms with Gasteiger partial charge in [0.15, 0.2) is 0 Å². The second-order valence-electron chi connectivity index (χ2n) is 6.51. The largest absolute Gasteiger partial charge is 0.763 e. The van der Waals surface area contributed by atoms with Crippen LogP contribution in [0.3, 0.4) is 0 Å². The highest BCUT2D eigenvalue weighted by Crippen LogP contribution is 2.41. The van der Waals surface area contributed by atoms with E-state index in [0.29, 0.717) is 0 Å². The van der Waals surface area contributed by atoms with Crippen LogP contribution in [-0.2, 0) is 10.9 Å². The fourth-order valence-electron chi connectivity index (χ4n) is 2.97. The van der Waals surface area contributed by atoms with Gasteiger partial charge in [0.05, 0.1) is 43.4 Å². The van der Waals surface area contributed by atoms with Crippen LogP contribution in [0.5, 0.6) is 0 Å². The lowest BCUT2D eigenvalue weighted by molar-refractivity contribution is -0.888. The van der Waals surface area contributed by atoms with E-state index >= 15 is 0 Å². The summed E-state index contributed by atoms with van der Waals surface area (Å²) in [6, 6.07) is 6.49. The van der Waals surface area contributed by atoms with Gasteiger partial charge in [-0.3, -0.25) is 5.87 Å². The topological polar surface area (TPSA) is 97.8 Å². The number of allylic oxidation sites excluding steroid dienone is 1. The molecule has 6 nitrogen and oxygen atoms in total. The molecule has 0 amide bonds. The van der Waals surface area contributed by atoms with Gasteiger partial charge < -0.3 is 26.1 Å². The number of hydrogen-bond acceptors (Lipinski definition) is 4. The predicted octanol–water partition coefficient (Wildman–Crippen LogP) is 1.11. The molecule has 4 N–H and O–H groups in total. The fraction of sp³-hybridized carbons (Fsp3) is 0.368. The number of nitriles is 1. The van der Waals surface area contributed by atoms with E-state index in [-0.39, 0.29) is 27.5 Å². The van der Waals surface area contributed by atoms with Crippen LogP contribution in [0.4, 0.5) is 13.2 Å². The number of ether oxygens (including phenoxy) is 1. The molecule has 1 atom stereocenters. The first kappa shape index (κ1) is 22.6. The minimum Gasteiger partial charge on any atom is -0.763 e. The lowest BCUT2D eigenvalue weighted by Gasteiger charge is -2.29. The molecule has 1 saturated heterocycles. The normalized spacial score (nSPS) is 20.2. The summed E-state index contributed by atoms with van der Waals surface area (Å²) in [7, 11) is 2.20. The Morgan fingerprint density at radius 1 is 1.31 bits per heavy atom. The molecule has 0 radical (unpaired) electrons. The van der Waals surface area contributed by atoms with E-state index in [0.717, 1.165) is 19.3 Å². The Morgan fingerprint density at radius 2 is 1.93 bits per heavy atom. The van der Waals surface area contributed by atoms with Crippen LogP contribution in [0.15, 0.2) is 41.2 Å². The van der Waals surface area contributed by atoms with Crippen LogP contribution in [0.1, 0.15) is 17.0 Å². The smallest absolute Gasteiger partial charge is 0.416 e. The summed E-state index contributed by atoms with van der Waals surface area (Å²) in [6.07, 6.45) is -4.63. The molecule has 0 aromatic heterocycles. The number of nitrogens with zero attached hydrogens (tertiary/aromatic N) is 2. The predicted molar refractivity (Wildman–Crippen MR) is 106 cm³/mol. The molecule has 3 rings (SSSR count). The molecular weight excluding hydrogens is 403 g/mol. The number of alkyl halides is 3. The number of benzene rings is 1. The first-order valence-electron chi connectivity index (χ1n) is 8.73. The summed E-state index contributed by atoms with van der Waals surface area (Å²) in [5, 5.41) is 20.9. The van der Waals surface area contributed by atoms with Crippen molar-refractivity contribution in [3.63, 3.8) is 0 Å². The highest BCUT2D eigenvalue weighted by molar-refractivity contribution is 7.80. The average molecular weight is 423 g/mol. The standard InChI is InChI=1S/C14H8F3N4S.C5H11NO/c15-14(16,17)10-4-2-1-3-7(10)11-8(5-18)12(20)21-13(22)9(11)6-19;1-6-2-4-7-5-3-6/h1-4,11H,20H2,(H,21,22);2-5H2,1H3/q-1;/p+1. The molecule has 2 aliphatic heterocycles. The van der Waals surface area contributed by atoms with Crippen molar-refractivity contribution in [3.05, 3.63) is 57.8 Å². The Balaban J connectivity index is 0.000000360. The zero-order chi connectivity index (χ0) is 21.6. The van der Waals surface area contributed by atoms with E-state index in [9.17, 15) is 23.8 Å². The van der Waals surface area contributed by atoms with Crippen molar-refractivity contribution in [2.45, 2.75) is 12.1 Å². The van der Waals surface area contributed by atoms with Crippen LogP contribution >= 0.6 is 12.2 Å². The van der Waals surface area contributed by atoms with Gasteiger partial charge in [0.2, 0.25) is 0 Å². The molecule has 0 aliphatic carbocycles. The third-order valence-corrected chi connectivity index (χ3v) is 4.85. The van der Waals surface area contributed by atoms with Crippen molar-refractivity contribution in [2.75, 3.05) is 33.4 Å². The molecule has 1 aromatic carbocycles. The van der Waals surface area contributed by atoms with Gasteiger partial charge in [0, 0.05) is 5.57 Å². The molecular formula is C19H20F3N5OS. The summed E-state index contributed by atoms with van der Waals surface area (Å²) < 4.78 is 44.7. The van der Waals surface area contributed by atoms with Crippen molar-refractivity contribution >= 4 is 23.1 Å². The van der Waals surface area contributed by atoms with Crippen molar-refractivity contribution in [2.24, 2.45) is 5.73 Å². The summed E-state index contributed by atoms with van der Waals surface area (Å²) >= 11 is 4.94. The van der Waals surface area contributed by atoms with Gasteiger partial charge in [-0.05, 0) is 11.6 Å². The van der Waals surface area contributed by atoms with Crippen LogP contribution in [0, 0.1) is 11.3 Å². The monoisotopic (exact) mass is 423 g/mol. The number of thiocarbonyl (C=S) groups is 1. The van der Waals surface area contributed by atoms with Crippen LogP contribution in [0.2, 0.25) is 0 Å². The summed E-state index contributed by atoms with van der Waals surface area (Å²) in [5.41, 5.74) is 4.17. The van der Waals surface area contributed by atoms with Gasteiger partial charge in [-0.2, -0.15) is 18.4 Å². The number of quaternary nitrogens is 1. The lowest BCUT2D eigenvalue weighted by Crippen LogP contribution is -3.11. The summed E-state index contributed by atoms with van der Waals surface area (Å²) in [6.45, 7) is 4.26. The quantitative estimate of drug-likeness (QED) is 0.357. The summed E-state index contributed by atoms with van der Waals surface area (Å²) in [5.74, 6) is 0.391. The number of halogens is 3. The number of likely N-dealkylation sites (N-methyl/N-ethyl adjacent to an activating group) is 1. The molecule has 10 heteroatoms. The van der Waals surface area contributed by atoms with Crippen molar-refractivity contribution in [1.29, 1.82) is 5.26 Å². The maximum Gasteiger partial charge on any atom is 0.416 e. The number of hydrogen-bond donors (Lipinski definition) is 3. The first-order chi connectivity index (χ1) is 13.7. The zero-order valence-electron chi connectivity index (χ0n) is 15.6. The van der Waals surface area contributed by atoms with Crippen LogP contribution < -0.4 is 16.0 Å². The number of rotatable bonds is 1. The van der Waals surface area contributed by atoms with Gasteiger partial charge in [0.1, 0.15) is 23.9 Å². The first-order valence-corrected chi connectivity index (χ1v) is 9.14. The molecule has 29 heavy (non-hydrogen) atoms. The SMILES string of the molecule is C[NH+]1CCOCC1.N#CC1=C(N)NC(=S)C(=C=[N-])C1c1ccccc1C(F)(F)F. The summed E-state index contributed by atoms with van der Waals surface area (Å²) in [4.78, 5) is 1.51. The molecule has 1 aromatic rings. The Morgan fingerprint density at radius 3 is 2.41 bits per heavy atom. The Hall–Kier alpha value is -2.70. The molecule has 154 valence electrons. The van der Waals surface area contributed by atoms with Gasteiger partial charge in [-0.1, -0.05) is 30.4 Å². The number of morpholine rings is 1. The molecule has 2 heterocycles. The maximum absolute atomic E-state index is 13.2. The molecule has 2 aliphatic rings. The highest BCUT2D eigenvalue weighted by Gasteiger charge is 2.39. The third-order valence-electron chi connectivity index (χ3n) is 4.52. The number of nitrogens with one attached hydrogen (secondary N) is 2. The fourth-order valence-corrected chi connectivity index (χ4v) is 3.24. The van der Waals surface area contributed by atoms with E-state index in [1.807, 2.05) is 0 Å². The average Bonchev–Trinajstić information content (AvgIpc) is 2.68. The molecule has 1 fully saturated rings. The van der Waals surface area contributed by atoms with Crippen LogP contribution in [-0.4, -0.2) is 44.2 Å². The molecule has 0 bridgehead atoms. The van der Waals surface area contributed by atoms with E-state index in [1.165, 1.54) is 31.3 Å². The lowest BCUT2D eigenvalue weighted by atomic mass is 9.81. The van der Waals surface area contributed by atoms with Gasteiger partial charge >= 0.3 is 6.18 Å². The number of nitrogens with two attached hydrogens (primary N) is 1. The van der Waals surface area contributed by atoms with Gasteiger partial charge in [0.25, 0.3) is 0 Å². The van der Waals surface area contributed by atoms with Crippen molar-refractivity contribution in [1.82, 2.24) is 5.32 Å². The second kappa shape index (κ2) is 9.67. The van der Waals surface area contributed by atoms with Gasteiger partial charge in [-0.25, -0.2) is 0 Å². The molecule has 1 unspecified atom stereocenters. The molecule has 0 spiro atoms. The van der Waals surface area contributed by atoms with E-state index in [4.69, 9.17) is 22.7 Å². The minimum absolute atomic E-state index is 0.0824. The van der Waals surface area contributed by atoms with Crippen molar-refractivity contribution in [3.8, 4) is 6.07 Å². The Bertz CT molecular complexity index is 894. The van der Waals surface area contributed by atoms with Crippen LogP contribution in [0.25, 0.3) is 5.41 Å². The highest BCUT2D eigenvalue weighted by atomic mass is 32.1. The Kier molecular flexibility index (Phi) is 7.53. The zero-order valence-corrected chi connectivity index (χ0v) is 16.5. The molecule has 0 saturated carbocycles. The minimum atomic E-state index is -4.63. The van der Waals surface area contributed by atoms with E-state index < -0.39 is 17.7 Å². The second-order valence-corrected chi connectivity index (χ2v) is 6.91. The maximum atomic E-state index is 13.2. The Labute approximate surface area is 171 Å². The van der Waals surface area contributed by atoms with E-state index in [1.54, 1.807) is 16.8 Å². The van der Waals surface area contributed by atoms with Gasteiger partial charge in [-0.15, -0.1) is 0 Å². The van der Waals surface area contributed by atoms with E-state index in [2.05, 4.69) is 12.4 Å². The van der Waals surface area contributed by atoms with Crippen molar-refractivity contribution < 1.29 is 22.8 Å². The third kappa shape index (κ3) is 5.43.